The summed E-state index contributed by atoms with van der Waals surface area (Å²) in [5.74, 6) is 0.904. The first kappa shape index (κ1) is 18.5. The summed E-state index contributed by atoms with van der Waals surface area (Å²) < 4.78 is 0. The third-order valence-corrected chi connectivity index (χ3v) is 4.71. The average Bonchev–Trinajstić information content (AvgIpc) is 2.93. The van der Waals surface area contributed by atoms with E-state index >= 15 is 0 Å². The lowest BCUT2D eigenvalue weighted by atomic mass is 9.86. The molecule has 24 heavy (non-hydrogen) atoms. The van der Waals surface area contributed by atoms with Gasteiger partial charge in [0.05, 0.1) is 17.2 Å². The van der Waals surface area contributed by atoms with Gasteiger partial charge in [0.2, 0.25) is 0 Å². The maximum atomic E-state index is 4.53. The van der Waals surface area contributed by atoms with Crippen LogP contribution in [0.3, 0.4) is 0 Å². The van der Waals surface area contributed by atoms with Gasteiger partial charge >= 0.3 is 0 Å². The SMILES string of the molecule is CN=C(NCC(C)(C)Cc1ccccc1)N(C)Cc1csc(C)n1. The Labute approximate surface area is 149 Å². The molecule has 1 aromatic heterocycles. The molecule has 1 aromatic carbocycles. The minimum atomic E-state index is 0.148. The molecule has 2 aromatic rings. The summed E-state index contributed by atoms with van der Waals surface area (Å²) in [7, 11) is 3.88. The first-order valence-electron chi connectivity index (χ1n) is 8.26. The van der Waals surface area contributed by atoms with Crippen molar-refractivity contribution in [2.45, 2.75) is 33.7 Å². The van der Waals surface area contributed by atoms with E-state index in [0.29, 0.717) is 0 Å². The Morgan fingerprint density at radius 3 is 2.58 bits per heavy atom. The van der Waals surface area contributed by atoms with E-state index in [-0.39, 0.29) is 5.41 Å². The number of hydrogen-bond acceptors (Lipinski definition) is 3. The predicted molar refractivity (Wildman–Crippen MR) is 104 cm³/mol. The molecule has 0 saturated carbocycles. The molecule has 0 fully saturated rings. The molecule has 1 heterocycles. The van der Waals surface area contributed by atoms with E-state index in [4.69, 9.17) is 0 Å². The number of aliphatic imine (C=N–C) groups is 1. The molecule has 0 atom stereocenters. The van der Waals surface area contributed by atoms with Crippen LogP contribution in [-0.4, -0.2) is 36.5 Å². The van der Waals surface area contributed by atoms with Crippen molar-refractivity contribution in [2.24, 2.45) is 10.4 Å². The van der Waals surface area contributed by atoms with Crippen LogP contribution in [-0.2, 0) is 13.0 Å². The monoisotopic (exact) mass is 344 g/mol. The molecule has 0 radical (unpaired) electrons. The lowest BCUT2D eigenvalue weighted by Crippen LogP contribution is -2.43. The summed E-state index contributed by atoms with van der Waals surface area (Å²) >= 11 is 1.69. The van der Waals surface area contributed by atoms with Crippen LogP contribution in [0.1, 0.15) is 30.1 Å². The summed E-state index contributed by atoms with van der Waals surface area (Å²) in [4.78, 5) is 11.1. The number of aryl methyl sites for hydroxylation is 1. The minimum Gasteiger partial charge on any atom is -0.356 e. The van der Waals surface area contributed by atoms with Crippen molar-refractivity contribution in [3.05, 3.63) is 52.0 Å². The largest absolute Gasteiger partial charge is 0.356 e. The Morgan fingerprint density at radius 2 is 2.00 bits per heavy atom. The van der Waals surface area contributed by atoms with Crippen molar-refractivity contribution >= 4 is 17.3 Å². The fourth-order valence-corrected chi connectivity index (χ4v) is 3.32. The maximum absolute atomic E-state index is 4.53. The molecule has 0 spiro atoms. The Kier molecular flexibility index (Phi) is 6.37. The number of hydrogen-bond donors (Lipinski definition) is 1. The zero-order chi connectivity index (χ0) is 17.6. The number of nitrogens with zero attached hydrogens (tertiary/aromatic N) is 3. The Hall–Kier alpha value is -1.88. The smallest absolute Gasteiger partial charge is 0.193 e. The fraction of sp³-hybridized carbons (Fsp3) is 0.474. The van der Waals surface area contributed by atoms with Crippen LogP contribution < -0.4 is 5.32 Å². The number of benzene rings is 1. The van der Waals surface area contributed by atoms with Gasteiger partial charge < -0.3 is 10.2 Å². The zero-order valence-electron chi connectivity index (χ0n) is 15.3. The highest BCUT2D eigenvalue weighted by atomic mass is 32.1. The highest BCUT2D eigenvalue weighted by molar-refractivity contribution is 7.09. The third-order valence-electron chi connectivity index (χ3n) is 3.89. The molecule has 0 bridgehead atoms. The van der Waals surface area contributed by atoms with Gasteiger partial charge in [0, 0.05) is 26.0 Å². The highest BCUT2D eigenvalue weighted by Gasteiger charge is 2.20. The van der Waals surface area contributed by atoms with Crippen molar-refractivity contribution in [1.82, 2.24) is 15.2 Å². The van der Waals surface area contributed by atoms with Crippen LogP contribution in [0.4, 0.5) is 0 Å². The molecule has 0 aliphatic carbocycles. The van der Waals surface area contributed by atoms with E-state index in [2.05, 4.69) is 69.8 Å². The molecule has 5 heteroatoms. The van der Waals surface area contributed by atoms with Crippen molar-refractivity contribution < 1.29 is 0 Å². The van der Waals surface area contributed by atoms with Crippen LogP contribution in [0.2, 0.25) is 0 Å². The normalized spacial score (nSPS) is 12.3. The van der Waals surface area contributed by atoms with Crippen LogP contribution in [0, 0.1) is 12.3 Å². The summed E-state index contributed by atoms with van der Waals surface area (Å²) in [6.45, 7) is 8.24. The topological polar surface area (TPSA) is 40.5 Å². The predicted octanol–water partition coefficient (Wildman–Crippen LogP) is 3.73. The highest BCUT2D eigenvalue weighted by Crippen LogP contribution is 2.21. The van der Waals surface area contributed by atoms with E-state index in [0.717, 1.165) is 36.2 Å². The Morgan fingerprint density at radius 1 is 1.29 bits per heavy atom. The van der Waals surface area contributed by atoms with E-state index in [1.54, 1.807) is 11.3 Å². The molecular formula is C19H28N4S. The first-order chi connectivity index (χ1) is 11.4. The number of aromatic nitrogens is 1. The molecular weight excluding hydrogens is 316 g/mol. The van der Waals surface area contributed by atoms with Crippen molar-refractivity contribution in [3.63, 3.8) is 0 Å². The second kappa shape index (κ2) is 8.29. The molecule has 130 valence electrons. The van der Waals surface area contributed by atoms with Crippen molar-refractivity contribution in [1.29, 1.82) is 0 Å². The molecule has 0 unspecified atom stereocenters. The lowest BCUT2D eigenvalue weighted by Gasteiger charge is -2.29. The Bertz CT molecular complexity index is 661. The van der Waals surface area contributed by atoms with Gasteiger partial charge in [0.1, 0.15) is 0 Å². The van der Waals surface area contributed by atoms with Gasteiger partial charge in [-0.25, -0.2) is 4.98 Å². The summed E-state index contributed by atoms with van der Waals surface area (Å²) in [6.07, 6.45) is 1.03. The summed E-state index contributed by atoms with van der Waals surface area (Å²) in [6, 6.07) is 10.6. The third kappa shape index (κ3) is 5.64. The molecule has 4 nitrogen and oxygen atoms in total. The average molecular weight is 345 g/mol. The second-order valence-corrected chi connectivity index (χ2v) is 8.00. The van der Waals surface area contributed by atoms with E-state index in [9.17, 15) is 0 Å². The molecule has 1 N–H and O–H groups in total. The summed E-state index contributed by atoms with van der Waals surface area (Å²) in [5.41, 5.74) is 2.60. The van der Waals surface area contributed by atoms with Gasteiger partial charge in [-0.15, -0.1) is 11.3 Å². The quantitative estimate of drug-likeness (QED) is 0.641. The van der Waals surface area contributed by atoms with Crippen LogP contribution in [0.15, 0.2) is 40.7 Å². The van der Waals surface area contributed by atoms with E-state index < -0.39 is 0 Å². The molecule has 0 saturated heterocycles. The van der Waals surface area contributed by atoms with Gasteiger partial charge in [-0.1, -0.05) is 44.2 Å². The van der Waals surface area contributed by atoms with Crippen molar-refractivity contribution in [2.75, 3.05) is 20.6 Å². The fourth-order valence-electron chi connectivity index (χ4n) is 2.71. The van der Waals surface area contributed by atoms with Gasteiger partial charge in [-0.3, -0.25) is 4.99 Å². The zero-order valence-corrected chi connectivity index (χ0v) is 16.2. The summed E-state index contributed by atoms with van der Waals surface area (Å²) in [5, 5.41) is 6.72. The number of nitrogens with one attached hydrogen (secondary N) is 1. The molecule has 0 aliphatic rings. The van der Waals surface area contributed by atoms with Crippen LogP contribution in [0.5, 0.6) is 0 Å². The maximum Gasteiger partial charge on any atom is 0.193 e. The standard InChI is InChI=1S/C19H28N4S/c1-15-22-17(13-24-15)12-23(5)18(20-4)21-14-19(2,3)11-16-9-7-6-8-10-16/h6-10,13H,11-12,14H2,1-5H3,(H,20,21). The van der Waals surface area contributed by atoms with E-state index in [1.165, 1.54) is 5.56 Å². The van der Waals surface area contributed by atoms with Gasteiger partial charge in [-0.2, -0.15) is 0 Å². The van der Waals surface area contributed by atoms with Gasteiger partial charge in [-0.05, 0) is 24.3 Å². The molecule has 0 aliphatic heterocycles. The minimum absolute atomic E-state index is 0.148. The first-order valence-corrected chi connectivity index (χ1v) is 9.14. The van der Waals surface area contributed by atoms with Crippen molar-refractivity contribution in [3.8, 4) is 0 Å². The van der Waals surface area contributed by atoms with E-state index in [1.807, 2.05) is 21.0 Å². The second-order valence-electron chi connectivity index (χ2n) is 6.94. The van der Waals surface area contributed by atoms with Crippen LogP contribution in [0.25, 0.3) is 0 Å². The van der Waals surface area contributed by atoms with Crippen LogP contribution >= 0.6 is 11.3 Å². The van der Waals surface area contributed by atoms with Gasteiger partial charge in [0.25, 0.3) is 0 Å². The molecule has 2 rings (SSSR count). The van der Waals surface area contributed by atoms with Gasteiger partial charge in [0.15, 0.2) is 5.96 Å². The number of guanidine groups is 1. The Balaban J connectivity index is 1.90. The number of rotatable bonds is 6. The lowest BCUT2D eigenvalue weighted by molar-refractivity contribution is 0.349. The number of thiazole rings is 1. The molecule has 0 amide bonds.